The lowest BCUT2D eigenvalue weighted by molar-refractivity contribution is 0.120. The van der Waals surface area contributed by atoms with Gasteiger partial charge in [-0.05, 0) is 30.5 Å². The molecule has 19 heavy (non-hydrogen) atoms. The monoisotopic (exact) mass is 265 g/mol. The zero-order valence-corrected chi connectivity index (χ0v) is 11.7. The van der Waals surface area contributed by atoms with Gasteiger partial charge in [0.2, 0.25) is 0 Å². The van der Waals surface area contributed by atoms with Crippen molar-refractivity contribution in [1.29, 1.82) is 0 Å². The lowest BCUT2D eigenvalue weighted by Crippen LogP contribution is -2.32. The van der Waals surface area contributed by atoms with Crippen molar-refractivity contribution in [2.24, 2.45) is 11.7 Å². The fourth-order valence-electron chi connectivity index (χ4n) is 1.65. The van der Waals surface area contributed by atoms with Crippen molar-refractivity contribution in [1.82, 2.24) is 5.32 Å². The van der Waals surface area contributed by atoms with Gasteiger partial charge in [-0.3, -0.25) is 0 Å². The summed E-state index contributed by atoms with van der Waals surface area (Å²) < 4.78 is 0. The zero-order valence-electron chi connectivity index (χ0n) is 11.7. The smallest absolute Gasteiger partial charge is 0.316 e. The van der Waals surface area contributed by atoms with Gasteiger partial charge in [-0.1, -0.05) is 26.0 Å². The Morgan fingerprint density at radius 3 is 2.32 bits per heavy atom. The second-order valence-electron chi connectivity index (χ2n) is 5.05. The molecule has 1 rings (SSSR count). The van der Waals surface area contributed by atoms with E-state index in [1.165, 1.54) is 0 Å². The molecule has 0 radical (unpaired) electrons. The van der Waals surface area contributed by atoms with Gasteiger partial charge >= 0.3 is 6.03 Å². The van der Waals surface area contributed by atoms with Crippen LogP contribution in [-0.2, 0) is 0 Å². The molecule has 0 aromatic heterocycles. The predicted molar refractivity (Wildman–Crippen MR) is 76.9 cm³/mol. The van der Waals surface area contributed by atoms with E-state index in [1.807, 2.05) is 32.9 Å². The minimum absolute atomic E-state index is 0.135. The highest BCUT2D eigenvalue weighted by atomic mass is 16.3. The van der Waals surface area contributed by atoms with Gasteiger partial charge < -0.3 is 21.5 Å². The first-order valence-corrected chi connectivity index (χ1v) is 6.48. The summed E-state index contributed by atoms with van der Waals surface area (Å²) in [5, 5.41) is 15.5. The van der Waals surface area contributed by atoms with Crippen molar-refractivity contribution < 1.29 is 9.90 Å². The molecule has 0 fully saturated rings. The molecule has 2 unspecified atom stereocenters. The number of urea groups is 1. The SMILES string of the molecule is CC(NCC(O)C(C)C)c1ccc(NC(N)=O)cc1. The molecule has 106 valence electrons. The van der Waals surface area contributed by atoms with E-state index < -0.39 is 6.03 Å². The average Bonchev–Trinajstić information content (AvgIpc) is 2.35. The number of amides is 2. The van der Waals surface area contributed by atoms with Crippen LogP contribution in [0, 0.1) is 5.92 Å². The second kappa shape index (κ2) is 7.11. The molecule has 5 heteroatoms. The Labute approximate surface area is 114 Å². The van der Waals surface area contributed by atoms with E-state index in [0.717, 1.165) is 5.56 Å². The van der Waals surface area contributed by atoms with E-state index in [2.05, 4.69) is 10.6 Å². The quantitative estimate of drug-likeness (QED) is 0.633. The molecule has 1 aromatic carbocycles. The maximum absolute atomic E-state index is 10.7. The third-order valence-corrected chi connectivity index (χ3v) is 3.08. The number of hydrogen-bond donors (Lipinski definition) is 4. The summed E-state index contributed by atoms with van der Waals surface area (Å²) >= 11 is 0. The van der Waals surface area contributed by atoms with E-state index in [1.54, 1.807) is 12.1 Å². The Bertz CT molecular complexity index is 404. The molecule has 0 spiro atoms. The number of anilines is 1. The summed E-state index contributed by atoms with van der Waals surface area (Å²) in [5.74, 6) is 0.238. The molecule has 5 N–H and O–H groups in total. The minimum atomic E-state index is -0.570. The Hall–Kier alpha value is -1.59. The molecule has 1 aromatic rings. The lowest BCUT2D eigenvalue weighted by Gasteiger charge is -2.19. The van der Waals surface area contributed by atoms with Crippen molar-refractivity contribution in [3.63, 3.8) is 0 Å². The van der Waals surface area contributed by atoms with Crippen molar-refractivity contribution in [2.45, 2.75) is 32.9 Å². The predicted octanol–water partition coefficient (Wildman–Crippen LogP) is 1.84. The number of nitrogens with one attached hydrogen (secondary N) is 2. The zero-order chi connectivity index (χ0) is 14.4. The first-order valence-electron chi connectivity index (χ1n) is 6.48. The van der Waals surface area contributed by atoms with Gasteiger partial charge in [0.1, 0.15) is 0 Å². The second-order valence-corrected chi connectivity index (χ2v) is 5.05. The number of benzene rings is 1. The standard InChI is InChI=1S/C14H23N3O2/c1-9(2)13(18)8-16-10(3)11-4-6-12(7-5-11)17-14(15)19/h4-7,9-10,13,16,18H,8H2,1-3H3,(H3,15,17,19). The largest absolute Gasteiger partial charge is 0.392 e. The highest BCUT2D eigenvalue weighted by Gasteiger charge is 2.11. The van der Waals surface area contributed by atoms with Gasteiger partial charge in [0.25, 0.3) is 0 Å². The normalized spacial score (nSPS) is 14.2. The van der Waals surface area contributed by atoms with Crippen LogP contribution in [0.3, 0.4) is 0 Å². The molecule has 0 saturated carbocycles. The minimum Gasteiger partial charge on any atom is -0.392 e. The van der Waals surface area contributed by atoms with E-state index in [4.69, 9.17) is 5.73 Å². The number of primary amides is 1. The molecule has 0 aliphatic carbocycles. The number of carbonyl (C=O) groups is 1. The van der Waals surface area contributed by atoms with E-state index >= 15 is 0 Å². The Morgan fingerprint density at radius 2 is 1.84 bits per heavy atom. The van der Waals surface area contributed by atoms with Crippen molar-refractivity contribution in [2.75, 3.05) is 11.9 Å². The Morgan fingerprint density at radius 1 is 1.26 bits per heavy atom. The van der Waals surface area contributed by atoms with Crippen LogP contribution in [0.2, 0.25) is 0 Å². The third-order valence-electron chi connectivity index (χ3n) is 3.08. The van der Waals surface area contributed by atoms with E-state index in [0.29, 0.717) is 12.2 Å². The average molecular weight is 265 g/mol. The van der Waals surface area contributed by atoms with Crippen LogP contribution in [0.25, 0.3) is 0 Å². The molecule has 0 heterocycles. The molecule has 0 aliphatic rings. The summed E-state index contributed by atoms with van der Waals surface area (Å²) in [6.07, 6.45) is -0.349. The van der Waals surface area contributed by atoms with Crippen LogP contribution in [0.5, 0.6) is 0 Å². The van der Waals surface area contributed by atoms with Crippen LogP contribution in [0.1, 0.15) is 32.4 Å². The first-order chi connectivity index (χ1) is 8.90. The summed E-state index contributed by atoms with van der Waals surface area (Å²) in [4.78, 5) is 10.7. The van der Waals surface area contributed by atoms with E-state index in [9.17, 15) is 9.90 Å². The number of aliphatic hydroxyl groups is 1. The third kappa shape index (κ3) is 5.28. The van der Waals surface area contributed by atoms with Crippen LogP contribution in [-0.4, -0.2) is 23.8 Å². The van der Waals surface area contributed by atoms with Gasteiger partial charge in [0.05, 0.1) is 6.10 Å². The van der Waals surface area contributed by atoms with Crippen molar-refractivity contribution >= 4 is 11.7 Å². The van der Waals surface area contributed by atoms with Crippen LogP contribution in [0.4, 0.5) is 10.5 Å². The van der Waals surface area contributed by atoms with Gasteiger partial charge in [0, 0.05) is 18.3 Å². The molecule has 5 nitrogen and oxygen atoms in total. The summed E-state index contributed by atoms with van der Waals surface area (Å²) in [7, 11) is 0. The fraction of sp³-hybridized carbons (Fsp3) is 0.500. The van der Waals surface area contributed by atoms with Crippen LogP contribution >= 0.6 is 0 Å². The van der Waals surface area contributed by atoms with Gasteiger partial charge in [-0.2, -0.15) is 0 Å². The number of rotatable bonds is 6. The highest BCUT2D eigenvalue weighted by Crippen LogP contribution is 2.16. The van der Waals surface area contributed by atoms with Crippen LogP contribution in [0.15, 0.2) is 24.3 Å². The Balaban J connectivity index is 2.53. The van der Waals surface area contributed by atoms with Crippen molar-refractivity contribution in [3.8, 4) is 0 Å². The summed E-state index contributed by atoms with van der Waals surface area (Å²) in [5.41, 5.74) is 6.80. The van der Waals surface area contributed by atoms with E-state index in [-0.39, 0.29) is 18.1 Å². The number of hydrogen-bond acceptors (Lipinski definition) is 3. The lowest BCUT2D eigenvalue weighted by atomic mass is 10.1. The molecular formula is C14H23N3O2. The topological polar surface area (TPSA) is 87.4 Å². The maximum atomic E-state index is 10.7. The summed E-state index contributed by atoms with van der Waals surface area (Å²) in [6.45, 7) is 6.56. The Kier molecular flexibility index (Phi) is 5.79. The number of aliphatic hydroxyl groups excluding tert-OH is 1. The fourth-order valence-corrected chi connectivity index (χ4v) is 1.65. The summed E-state index contributed by atoms with van der Waals surface area (Å²) in [6, 6.07) is 7.01. The first kappa shape index (κ1) is 15.5. The molecule has 2 amide bonds. The number of carbonyl (C=O) groups excluding carboxylic acids is 1. The molecule has 0 bridgehead atoms. The highest BCUT2D eigenvalue weighted by molar-refractivity contribution is 5.87. The maximum Gasteiger partial charge on any atom is 0.316 e. The van der Waals surface area contributed by atoms with Crippen LogP contribution < -0.4 is 16.4 Å². The van der Waals surface area contributed by atoms with Crippen molar-refractivity contribution in [3.05, 3.63) is 29.8 Å². The van der Waals surface area contributed by atoms with Gasteiger partial charge in [-0.15, -0.1) is 0 Å². The van der Waals surface area contributed by atoms with Gasteiger partial charge in [-0.25, -0.2) is 4.79 Å². The molecular weight excluding hydrogens is 242 g/mol. The number of nitrogens with two attached hydrogens (primary N) is 1. The molecule has 0 saturated heterocycles. The van der Waals surface area contributed by atoms with Gasteiger partial charge in [0.15, 0.2) is 0 Å². The molecule has 0 aliphatic heterocycles. The molecule has 2 atom stereocenters.